The third kappa shape index (κ3) is 3.51. The van der Waals surface area contributed by atoms with E-state index in [0.29, 0.717) is 13.0 Å². The lowest BCUT2D eigenvalue weighted by Gasteiger charge is -2.33. The van der Waals surface area contributed by atoms with Gasteiger partial charge in [-0.3, -0.25) is 4.79 Å². The number of carboxylic acids is 1. The molecular weight excluding hydrogens is 318 g/mol. The van der Waals surface area contributed by atoms with Crippen LogP contribution >= 0.6 is 23.7 Å². The van der Waals surface area contributed by atoms with E-state index in [2.05, 4.69) is 28.9 Å². The molecule has 0 amide bonds. The van der Waals surface area contributed by atoms with Gasteiger partial charge < -0.3 is 10.4 Å². The van der Waals surface area contributed by atoms with Gasteiger partial charge in [0.05, 0.1) is 5.41 Å². The Labute approximate surface area is 140 Å². The number of carboxylic acid groups (broad SMARTS) is 1. The van der Waals surface area contributed by atoms with Crippen LogP contribution < -0.4 is 5.32 Å². The van der Waals surface area contributed by atoms with Crippen molar-refractivity contribution in [1.29, 1.82) is 0 Å². The summed E-state index contributed by atoms with van der Waals surface area (Å²) in [5.41, 5.74) is 1.62. The van der Waals surface area contributed by atoms with Crippen LogP contribution in [0.15, 0.2) is 41.8 Å². The molecular formula is C17H20ClNO2S. The number of hydrogen-bond donors (Lipinski definition) is 2. The van der Waals surface area contributed by atoms with Gasteiger partial charge in [-0.15, -0.1) is 23.7 Å². The van der Waals surface area contributed by atoms with E-state index < -0.39 is 11.4 Å². The van der Waals surface area contributed by atoms with E-state index in [1.807, 2.05) is 18.2 Å². The quantitative estimate of drug-likeness (QED) is 0.891. The summed E-state index contributed by atoms with van der Waals surface area (Å²) in [6.45, 7) is 1.48. The average molecular weight is 338 g/mol. The second-order valence-corrected chi connectivity index (χ2v) is 6.67. The van der Waals surface area contributed by atoms with Gasteiger partial charge in [0.2, 0.25) is 0 Å². The second-order valence-electron chi connectivity index (χ2n) is 5.72. The fraction of sp³-hybridized carbons (Fsp3) is 0.353. The minimum absolute atomic E-state index is 0. The van der Waals surface area contributed by atoms with Crippen molar-refractivity contribution in [3.8, 4) is 10.4 Å². The maximum absolute atomic E-state index is 11.8. The fourth-order valence-electron chi connectivity index (χ4n) is 3.04. The van der Waals surface area contributed by atoms with Gasteiger partial charge in [-0.2, -0.15) is 0 Å². The van der Waals surface area contributed by atoms with Crippen LogP contribution in [0.1, 0.15) is 18.4 Å². The van der Waals surface area contributed by atoms with E-state index in [1.165, 1.54) is 10.4 Å². The number of carbonyl (C=O) groups is 1. The standard InChI is InChI=1S/C17H19NO2S.ClH/c19-16(20)17(7-3-8-18-12-17)11-13-4-1-5-14(10-13)15-6-2-9-21-15;/h1-2,4-6,9-10,18H,3,7-8,11-12H2,(H,19,20);1H. The zero-order valence-corrected chi connectivity index (χ0v) is 13.9. The SMILES string of the molecule is Cl.O=C(O)C1(Cc2cccc(-c3cccs3)c2)CCCNC1. The van der Waals surface area contributed by atoms with Gasteiger partial charge in [0.15, 0.2) is 0 Å². The molecule has 1 fully saturated rings. The van der Waals surface area contributed by atoms with Crippen LogP contribution in [0.3, 0.4) is 0 Å². The topological polar surface area (TPSA) is 49.3 Å². The molecule has 5 heteroatoms. The average Bonchev–Trinajstić information content (AvgIpc) is 3.02. The largest absolute Gasteiger partial charge is 0.481 e. The summed E-state index contributed by atoms with van der Waals surface area (Å²) in [4.78, 5) is 13.0. The molecule has 0 aliphatic carbocycles. The lowest BCUT2D eigenvalue weighted by molar-refractivity contribution is -0.150. The van der Waals surface area contributed by atoms with E-state index in [4.69, 9.17) is 0 Å². The molecule has 0 bridgehead atoms. The monoisotopic (exact) mass is 337 g/mol. The number of hydrogen-bond acceptors (Lipinski definition) is 3. The van der Waals surface area contributed by atoms with E-state index in [1.54, 1.807) is 11.3 Å². The Morgan fingerprint density at radius 3 is 2.82 bits per heavy atom. The lowest BCUT2D eigenvalue weighted by atomic mass is 9.75. The molecule has 1 unspecified atom stereocenters. The third-order valence-corrected chi connectivity index (χ3v) is 5.12. The van der Waals surface area contributed by atoms with Gasteiger partial charge >= 0.3 is 5.97 Å². The Hall–Kier alpha value is -1.36. The molecule has 118 valence electrons. The van der Waals surface area contributed by atoms with Crippen LogP contribution in [0, 0.1) is 5.41 Å². The molecule has 1 aliphatic rings. The first-order chi connectivity index (χ1) is 10.2. The molecule has 1 aliphatic heterocycles. The zero-order valence-electron chi connectivity index (χ0n) is 12.2. The molecule has 1 atom stereocenters. The predicted molar refractivity (Wildman–Crippen MR) is 92.9 cm³/mol. The van der Waals surface area contributed by atoms with Gasteiger partial charge in [0.25, 0.3) is 0 Å². The lowest BCUT2D eigenvalue weighted by Crippen LogP contribution is -2.47. The fourth-order valence-corrected chi connectivity index (χ4v) is 3.77. The van der Waals surface area contributed by atoms with Crippen molar-refractivity contribution in [2.75, 3.05) is 13.1 Å². The molecule has 2 heterocycles. The summed E-state index contributed by atoms with van der Waals surface area (Å²) in [6, 6.07) is 12.4. The number of halogens is 1. The molecule has 0 saturated carbocycles. The molecule has 2 aromatic rings. The first kappa shape index (κ1) is 17.0. The van der Waals surface area contributed by atoms with Crippen molar-refractivity contribution in [2.45, 2.75) is 19.3 Å². The van der Waals surface area contributed by atoms with Crippen LogP contribution in [0.5, 0.6) is 0 Å². The van der Waals surface area contributed by atoms with Crippen LogP contribution in [-0.4, -0.2) is 24.2 Å². The van der Waals surface area contributed by atoms with Crippen molar-refractivity contribution in [3.63, 3.8) is 0 Å². The van der Waals surface area contributed by atoms with Crippen LogP contribution in [0.25, 0.3) is 10.4 Å². The summed E-state index contributed by atoms with van der Waals surface area (Å²) in [6.07, 6.45) is 2.27. The summed E-state index contributed by atoms with van der Waals surface area (Å²) < 4.78 is 0. The molecule has 22 heavy (non-hydrogen) atoms. The minimum Gasteiger partial charge on any atom is -0.481 e. The summed E-state index contributed by atoms with van der Waals surface area (Å²) in [5, 5.41) is 15.0. The molecule has 1 aromatic heterocycles. The zero-order chi connectivity index (χ0) is 14.7. The van der Waals surface area contributed by atoms with E-state index in [-0.39, 0.29) is 12.4 Å². The number of benzene rings is 1. The molecule has 0 spiro atoms. The molecule has 1 saturated heterocycles. The molecule has 3 nitrogen and oxygen atoms in total. The van der Waals surface area contributed by atoms with Crippen LogP contribution in [0.4, 0.5) is 0 Å². The Balaban J connectivity index is 0.00000176. The summed E-state index contributed by atoms with van der Waals surface area (Å²) in [7, 11) is 0. The van der Waals surface area contributed by atoms with Gasteiger partial charge in [0.1, 0.15) is 0 Å². The maximum atomic E-state index is 11.8. The molecule has 3 rings (SSSR count). The van der Waals surface area contributed by atoms with Gasteiger partial charge in [-0.1, -0.05) is 30.3 Å². The van der Waals surface area contributed by atoms with E-state index in [0.717, 1.165) is 24.9 Å². The minimum atomic E-state index is -0.684. The summed E-state index contributed by atoms with van der Waals surface area (Å²) in [5.74, 6) is -0.684. The molecule has 0 radical (unpaired) electrons. The van der Waals surface area contributed by atoms with Gasteiger partial charge in [-0.05, 0) is 48.4 Å². The predicted octanol–water partition coefficient (Wildman–Crippen LogP) is 3.83. The van der Waals surface area contributed by atoms with Crippen molar-refractivity contribution >= 4 is 29.7 Å². The maximum Gasteiger partial charge on any atom is 0.311 e. The molecule has 1 aromatic carbocycles. The highest BCUT2D eigenvalue weighted by Gasteiger charge is 2.39. The number of aliphatic carboxylic acids is 1. The summed E-state index contributed by atoms with van der Waals surface area (Å²) >= 11 is 1.71. The van der Waals surface area contributed by atoms with Crippen molar-refractivity contribution < 1.29 is 9.90 Å². The van der Waals surface area contributed by atoms with Crippen LogP contribution in [0.2, 0.25) is 0 Å². The number of rotatable bonds is 4. The molecule has 2 N–H and O–H groups in total. The number of thiophene rings is 1. The van der Waals surface area contributed by atoms with Crippen LogP contribution in [-0.2, 0) is 11.2 Å². The third-order valence-electron chi connectivity index (χ3n) is 4.20. The highest BCUT2D eigenvalue weighted by molar-refractivity contribution is 7.13. The first-order valence-corrected chi connectivity index (χ1v) is 8.15. The number of nitrogens with one attached hydrogen (secondary N) is 1. The smallest absolute Gasteiger partial charge is 0.311 e. The van der Waals surface area contributed by atoms with Crippen molar-refractivity contribution in [2.24, 2.45) is 5.41 Å². The van der Waals surface area contributed by atoms with E-state index in [9.17, 15) is 9.90 Å². The Morgan fingerprint density at radius 1 is 1.32 bits per heavy atom. The Bertz CT molecular complexity index is 621. The van der Waals surface area contributed by atoms with Crippen molar-refractivity contribution in [3.05, 3.63) is 47.3 Å². The normalized spacial score (nSPS) is 21.1. The van der Waals surface area contributed by atoms with Crippen molar-refractivity contribution in [1.82, 2.24) is 5.32 Å². The Morgan fingerprint density at radius 2 is 2.18 bits per heavy atom. The number of piperidine rings is 1. The van der Waals surface area contributed by atoms with Gasteiger partial charge in [-0.25, -0.2) is 0 Å². The Kier molecular flexibility index (Phi) is 5.62. The first-order valence-electron chi connectivity index (χ1n) is 7.27. The highest BCUT2D eigenvalue weighted by atomic mass is 35.5. The highest BCUT2D eigenvalue weighted by Crippen LogP contribution is 2.33. The second kappa shape index (κ2) is 7.27. The van der Waals surface area contributed by atoms with E-state index >= 15 is 0 Å². The van der Waals surface area contributed by atoms with Gasteiger partial charge in [0, 0.05) is 11.4 Å².